The largest absolute Gasteiger partial charge is 0.486 e. The third kappa shape index (κ3) is 8.62. The molecule has 0 radical (unpaired) electrons. The molecule has 0 spiro atoms. The van der Waals surface area contributed by atoms with E-state index in [0.29, 0.717) is 40.3 Å². The van der Waals surface area contributed by atoms with Crippen molar-refractivity contribution in [2.45, 2.75) is 51.7 Å². The molecule has 7 N–H and O–H groups in total. The number of anilines is 6. The second-order valence-electron chi connectivity index (χ2n) is 16.5. The number of nitrogens with one attached hydrogen (secondary N) is 6. The van der Waals surface area contributed by atoms with Crippen LogP contribution in [0.5, 0.6) is 11.5 Å². The molecule has 6 aromatic heterocycles. The lowest BCUT2D eigenvalue weighted by Crippen LogP contribution is -2.39. The molecule has 2 aliphatic rings. The minimum Gasteiger partial charge on any atom is -0.486 e. The molecular weight excluding hydrogens is 842 g/mol. The summed E-state index contributed by atoms with van der Waals surface area (Å²) in [5, 5.41) is 36.6. The van der Waals surface area contributed by atoms with Gasteiger partial charge in [0.25, 0.3) is 17.4 Å². The molecule has 21 nitrogen and oxygen atoms in total. The number of benzene rings is 1. The SMILES string of the molecule is CNc1cc(Nc2cc(F)cc3c2OC(Cc2nccc(-n4cccc(Nc5cc(NC)n6ncc(C(=O)NC7CCC7)c6n5)c4=O)n2)CO3)nc2c(C(=O)NCC(C)(C)CO)cnn12. The highest BCUT2D eigenvalue weighted by Gasteiger charge is 2.28. The van der Waals surface area contributed by atoms with Crippen LogP contribution in [-0.2, 0) is 6.42 Å². The van der Waals surface area contributed by atoms with Crippen molar-refractivity contribution in [3.05, 3.63) is 100 Å². The molecule has 1 atom stereocenters. The zero-order valence-corrected chi connectivity index (χ0v) is 35.8. The normalized spacial score (nSPS) is 14.8. The number of nitrogens with zero attached hydrogens (tertiary/aromatic N) is 9. The summed E-state index contributed by atoms with van der Waals surface area (Å²) in [6.07, 6.45) is 8.47. The summed E-state index contributed by atoms with van der Waals surface area (Å²) in [6.45, 7) is 3.79. The zero-order chi connectivity index (χ0) is 45.4. The van der Waals surface area contributed by atoms with Crippen molar-refractivity contribution >= 4 is 57.8 Å². The van der Waals surface area contributed by atoms with Gasteiger partial charge >= 0.3 is 0 Å². The fourth-order valence-corrected chi connectivity index (χ4v) is 7.26. The second-order valence-corrected chi connectivity index (χ2v) is 16.5. The number of halogens is 1. The van der Waals surface area contributed by atoms with Crippen LogP contribution in [0.4, 0.5) is 39.0 Å². The topological polar surface area (TPSA) is 253 Å². The van der Waals surface area contributed by atoms with Gasteiger partial charge < -0.3 is 46.5 Å². The summed E-state index contributed by atoms with van der Waals surface area (Å²) in [4.78, 5) is 58.7. The number of hydrogen-bond donors (Lipinski definition) is 7. The van der Waals surface area contributed by atoms with Gasteiger partial charge in [-0.3, -0.25) is 19.0 Å². The summed E-state index contributed by atoms with van der Waals surface area (Å²) < 4.78 is 31.8. The maximum atomic E-state index is 15.0. The van der Waals surface area contributed by atoms with Gasteiger partial charge in [-0.2, -0.15) is 19.2 Å². The van der Waals surface area contributed by atoms with E-state index in [1.807, 2.05) is 13.8 Å². The Kier molecular flexibility index (Phi) is 11.3. The van der Waals surface area contributed by atoms with E-state index in [9.17, 15) is 19.5 Å². The quantitative estimate of drug-likeness (QED) is 0.0772. The van der Waals surface area contributed by atoms with E-state index in [4.69, 9.17) is 14.5 Å². The summed E-state index contributed by atoms with van der Waals surface area (Å²) in [5.41, 5.74) is 0.504. The molecule has 1 aliphatic carbocycles. The number of rotatable bonds is 15. The Bertz CT molecular complexity index is 3020. The number of aromatic nitrogens is 9. The molecule has 1 fully saturated rings. The highest BCUT2D eigenvalue weighted by atomic mass is 19.1. The molecule has 65 heavy (non-hydrogen) atoms. The van der Waals surface area contributed by atoms with Crippen LogP contribution in [0.15, 0.2) is 72.0 Å². The van der Waals surface area contributed by atoms with Crippen molar-refractivity contribution in [2.75, 3.05) is 55.1 Å². The predicted molar refractivity (Wildman–Crippen MR) is 238 cm³/mol. The van der Waals surface area contributed by atoms with Gasteiger partial charge in [-0.25, -0.2) is 24.3 Å². The van der Waals surface area contributed by atoms with Crippen LogP contribution in [0, 0.1) is 11.2 Å². The van der Waals surface area contributed by atoms with E-state index in [2.05, 4.69) is 57.1 Å². The monoisotopic (exact) mass is 887 g/mol. The van der Waals surface area contributed by atoms with Crippen LogP contribution in [0.2, 0.25) is 0 Å². The van der Waals surface area contributed by atoms with Gasteiger partial charge in [-0.1, -0.05) is 13.8 Å². The van der Waals surface area contributed by atoms with Crippen LogP contribution in [0.1, 0.15) is 59.7 Å². The highest BCUT2D eigenvalue weighted by Crippen LogP contribution is 2.41. The molecule has 336 valence electrons. The predicted octanol–water partition coefficient (Wildman–Crippen LogP) is 3.84. The lowest BCUT2D eigenvalue weighted by molar-refractivity contribution is 0.0903. The molecule has 1 aromatic carbocycles. The minimum absolute atomic E-state index is 0.0470. The molecule has 7 aromatic rings. The number of aliphatic hydroxyl groups is 1. The Balaban J connectivity index is 0.931. The standard InChI is InChI=1S/C43H46FN15O6/c1-43(2,22-60)21-48-40(61)26-18-49-58-36(46-4)17-33(56-38(26)58)53-29-13-23(44)14-30-37(29)65-25(20-64-30)15-31-47-11-10-34(54-31)57-12-6-9-28(42(57)63)52-32-16-35(45-3)59-39(55-32)27(19-50-59)41(62)51-24-7-5-8-24/h6,9-14,16-19,24-25,45-46,60H,5,7-8,15,20-22H2,1-4H3,(H,48,61)(H,51,62)(H,52,55)(H,53,56). The van der Waals surface area contributed by atoms with Gasteiger partial charge in [0.2, 0.25) is 0 Å². The van der Waals surface area contributed by atoms with Crippen LogP contribution in [0.3, 0.4) is 0 Å². The van der Waals surface area contributed by atoms with Crippen molar-refractivity contribution in [3.63, 3.8) is 0 Å². The smallest absolute Gasteiger partial charge is 0.279 e. The van der Waals surface area contributed by atoms with E-state index in [1.165, 1.54) is 44.3 Å². The van der Waals surface area contributed by atoms with Crippen molar-refractivity contribution in [2.24, 2.45) is 5.41 Å². The average molecular weight is 888 g/mol. The van der Waals surface area contributed by atoms with Crippen LogP contribution in [0.25, 0.3) is 17.1 Å². The molecule has 2 amide bonds. The third-order valence-electron chi connectivity index (χ3n) is 11.1. The van der Waals surface area contributed by atoms with E-state index in [1.54, 1.807) is 50.6 Å². The van der Waals surface area contributed by atoms with E-state index < -0.39 is 28.8 Å². The molecule has 9 rings (SSSR count). The molecular formula is C43H46FN15O6. The molecule has 0 saturated heterocycles. The van der Waals surface area contributed by atoms with E-state index in [-0.39, 0.29) is 78.0 Å². The van der Waals surface area contributed by atoms with Crippen LogP contribution >= 0.6 is 0 Å². The van der Waals surface area contributed by atoms with E-state index >= 15 is 4.39 Å². The Morgan fingerprint density at radius 1 is 0.908 bits per heavy atom. The van der Waals surface area contributed by atoms with Crippen molar-refractivity contribution in [3.8, 4) is 17.3 Å². The van der Waals surface area contributed by atoms with E-state index in [0.717, 1.165) is 19.3 Å². The van der Waals surface area contributed by atoms with Gasteiger partial charge in [0.05, 0.1) is 18.1 Å². The molecule has 1 aliphatic heterocycles. The average Bonchev–Trinajstić information content (AvgIpc) is 3.92. The third-order valence-corrected chi connectivity index (χ3v) is 11.1. The van der Waals surface area contributed by atoms with Gasteiger partial charge in [-0.15, -0.1) is 0 Å². The molecule has 22 heteroatoms. The number of carbonyl (C=O) groups excluding carboxylic acids is 2. The van der Waals surface area contributed by atoms with Gasteiger partial charge in [0.1, 0.15) is 70.3 Å². The van der Waals surface area contributed by atoms with Gasteiger partial charge in [0.15, 0.2) is 22.8 Å². The van der Waals surface area contributed by atoms with Crippen molar-refractivity contribution in [1.82, 2.24) is 54.4 Å². The Morgan fingerprint density at radius 3 is 2.23 bits per heavy atom. The first-order valence-electron chi connectivity index (χ1n) is 20.9. The summed E-state index contributed by atoms with van der Waals surface area (Å²) >= 11 is 0. The first-order chi connectivity index (χ1) is 31.4. The summed E-state index contributed by atoms with van der Waals surface area (Å²) in [7, 11) is 3.41. The number of pyridine rings is 1. The maximum Gasteiger partial charge on any atom is 0.279 e. The van der Waals surface area contributed by atoms with Crippen LogP contribution < -0.4 is 46.9 Å². The first-order valence-corrected chi connectivity index (χ1v) is 20.9. The molecule has 7 heterocycles. The molecule has 0 bridgehead atoms. The Morgan fingerprint density at radius 2 is 1.58 bits per heavy atom. The number of aliphatic hydroxyl groups excluding tert-OH is 1. The van der Waals surface area contributed by atoms with Crippen LogP contribution in [-0.4, -0.2) is 107 Å². The Hall–Kier alpha value is -7.88. The lowest BCUT2D eigenvalue weighted by atomic mass is 9.93. The summed E-state index contributed by atoms with van der Waals surface area (Å²) in [5.74, 6) is 1.34. The Labute approximate surface area is 369 Å². The van der Waals surface area contributed by atoms with Crippen molar-refractivity contribution in [1.29, 1.82) is 0 Å². The number of fused-ring (bicyclic) bond motifs is 3. The van der Waals surface area contributed by atoms with Gasteiger partial charge in [-0.05, 0) is 37.5 Å². The highest BCUT2D eigenvalue weighted by molar-refractivity contribution is 6.01. The zero-order valence-electron chi connectivity index (χ0n) is 35.8. The van der Waals surface area contributed by atoms with Crippen molar-refractivity contribution < 1.29 is 28.6 Å². The fraction of sp³-hybridized carbons (Fsp3) is 0.326. The minimum atomic E-state index is -0.628. The first kappa shape index (κ1) is 42.4. The van der Waals surface area contributed by atoms with Gasteiger partial charge in [0, 0.05) is 81.8 Å². The summed E-state index contributed by atoms with van der Waals surface area (Å²) in [6, 6.07) is 10.8. The number of hydrogen-bond acceptors (Lipinski definition) is 16. The number of ether oxygens (including phenoxy) is 2. The maximum absolute atomic E-state index is 15.0. The molecule has 1 saturated carbocycles. The number of amides is 2. The second kappa shape index (κ2) is 17.4. The number of carbonyl (C=O) groups is 2. The fourth-order valence-electron chi connectivity index (χ4n) is 7.26. The lowest BCUT2D eigenvalue weighted by Gasteiger charge is -2.28. The molecule has 1 unspecified atom stereocenters.